The molecule has 0 saturated carbocycles. The zero-order valence-corrected chi connectivity index (χ0v) is 19.4. The molecule has 0 aliphatic carbocycles. The fraction of sp³-hybridized carbons (Fsp3) is 0.160. The largest absolute Gasteiger partial charge is 0.345 e. The summed E-state index contributed by atoms with van der Waals surface area (Å²) in [7, 11) is -1.62. The van der Waals surface area contributed by atoms with Crippen LogP contribution in [0.4, 0.5) is 5.69 Å². The number of rotatable bonds is 5. The smallest absolute Gasteiger partial charge is 0.272 e. The zero-order chi connectivity index (χ0) is 23.3. The van der Waals surface area contributed by atoms with Gasteiger partial charge in [-0.3, -0.25) is 9.52 Å². The first kappa shape index (κ1) is 21.1. The van der Waals surface area contributed by atoms with E-state index >= 15 is 0 Å². The number of sulfonamides is 1. The molecule has 0 aliphatic rings. The highest BCUT2D eigenvalue weighted by atomic mass is 32.2. The number of anilines is 1. The average Bonchev–Trinajstić information content (AvgIpc) is 3.30. The van der Waals surface area contributed by atoms with Crippen LogP contribution in [0.25, 0.3) is 32.9 Å². The second-order valence-corrected chi connectivity index (χ2v) is 10.2. The van der Waals surface area contributed by atoms with Crippen LogP contribution in [0.15, 0.2) is 71.9 Å². The third-order valence-electron chi connectivity index (χ3n) is 5.83. The van der Waals surface area contributed by atoms with Crippen LogP contribution in [0.3, 0.4) is 0 Å². The van der Waals surface area contributed by atoms with Crippen molar-refractivity contribution in [3.05, 3.63) is 88.6 Å². The highest BCUT2D eigenvalue weighted by Crippen LogP contribution is 2.37. The minimum Gasteiger partial charge on any atom is -0.345 e. The number of hydrogen-bond donors (Lipinski definition) is 2. The molecular formula is C25H24N4O3S. The minimum atomic E-state index is -3.45. The Hall–Kier alpha value is -3.78. The van der Waals surface area contributed by atoms with Gasteiger partial charge in [-0.15, -0.1) is 0 Å². The van der Waals surface area contributed by atoms with Crippen LogP contribution < -0.4 is 10.3 Å². The Balaban J connectivity index is 1.78. The van der Waals surface area contributed by atoms with Gasteiger partial charge >= 0.3 is 0 Å². The Morgan fingerprint density at radius 1 is 1.00 bits per heavy atom. The normalized spacial score (nSPS) is 12.0. The van der Waals surface area contributed by atoms with Gasteiger partial charge in [0, 0.05) is 59.8 Å². The maximum Gasteiger partial charge on any atom is 0.272 e. The number of H-pyrrole nitrogens is 1. The van der Waals surface area contributed by atoms with Crippen molar-refractivity contribution >= 4 is 37.5 Å². The number of nitrogens with one attached hydrogen (secondary N) is 2. The monoisotopic (exact) mass is 460 g/mol. The van der Waals surface area contributed by atoms with E-state index < -0.39 is 10.0 Å². The van der Waals surface area contributed by atoms with Crippen LogP contribution in [0.5, 0.6) is 0 Å². The third-order valence-corrected chi connectivity index (χ3v) is 6.43. The first-order valence-corrected chi connectivity index (χ1v) is 12.4. The van der Waals surface area contributed by atoms with E-state index in [1.54, 1.807) is 10.8 Å². The number of pyridine rings is 1. The molecule has 7 nitrogen and oxygen atoms in total. The van der Waals surface area contributed by atoms with Crippen molar-refractivity contribution in [3.8, 4) is 11.1 Å². The topological polar surface area (TPSA) is 88.9 Å². The van der Waals surface area contributed by atoms with Gasteiger partial charge in [0.15, 0.2) is 0 Å². The Bertz CT molecular complexity index is 1670. The Morgan fingerprint density at radius 3 is 2.48 bits per heavy atom. The van der Waals surface area contributed by atoms with E-state index in [1.165, 1.54) is 5.56 Å². The molecule has 2 N–H and O–H groups in total. The van der Waals surface area contributed by atoms with E-state index in [1.807, 2.05) is 43.7 Å². The van der Waals surface area contributed by atoms with Gasteiger partial charge in [0.1, 0.15) is 5.52 Å². The molecule has 0 saturated heterocycles. The van der Waals surface area contributed by atoms with Crippen LogP contribution >= 0.6 is 0 Å². The summed E-state index contributed by atoms with van der Waals surface area (Å²) in [6.07, 6.45) is 6.70. The first-order chi connectivity index (χ1) is 15.7. The summed E-state index contributed by atoms with van der Waals surface area (Å²) < 4.78 is 30.5. The van der Waals surface area contributed by atoms with Gasteiger partial charge in [0.25, 0.3) is 5.56 Å². The predicted molar refractivity (Wildman–Crippen MR) is 133 cm³/mol. The molecule has 33 heavy (non-hydrogen) atoms. The lowest BCUT2D eigenvalue weighted by Crippen LogP contribution is -2.09. The van der Waals surface area contributed by atoms with E-state index in [-0.39, 0.29) is 5.56 Å². The first-order valence-electron chi connectivity index (χ1n) is 10.5. The molecule has 0 amide bonds. The van der Waals surface area contributed by atoms with Gasteiger partial charge in [-0.2, -0.15) is 0 Å². The lowest BCUT2D eigenvalue weighted by molar-refractivity contribution is 0.607. The van der Waals surface area contributed by atoms with Crippen LogP contribution in [-0.4, -0.2) is 28.8 Å². The van der Waals surface area contributed by atoms with Crippen LogP contribution in [0.2, 0.25) is 0 Å². The summed E-state index contributed by atoms with van der Waals surface area (Å²) in [6, 6.07) is 15.9. The van der Waals surface area contributed by atoms with Crippen molar-refractivity contribution in [2.45, 2.75) is 13.5 Å². The molecule has 0 aliphatic heterocycles. The van der Waals surface area contributed by atoms with Gasteiger partial charge in [-0.25, -0.2) is 8.42 Å². The molecule has 5 aromatic rings. The fourth-order valence-electron chi connectivity index (χ4n) is 4.43. The standard InChI is InChI=1S/C25H24N4O3S/c1-16-4-6-17(7-5-16)14-29-11-9-18-12-19(27-33(3,31)32)13-21(23(18)29)22-15-28(2)24-20(22)8-10-26-25(24)30/h4-13,15,27H,14H2,1-3H3,(H,26,30). The third kappa shape index (κ3) is 3.93. The van der Waals surface area contributed by atoms with Crippen molar-refractivity contribution in [3.63, 3.8) is 0 Å². The fourth-order valence-corrected chi connectivity index (χ4v) is 4.98. The highest BCUT2D eigenvalue weighted by Gasteiger charge is 2.18. The molecule has 5 rings (SSSR count). The SMILES string of the molecule is Cc1ccc(Cn2ccc3cc(NS(C)(=O)=O)cc(-c4cn(C)c5c(=O)[nH]ccc45)c32)cc1. The van der Waals surface area contributed by atoms with E-state index in [0.717, 1.165) is 39.2 Å². The van der Waals surface area contributed by atoms with Gasteiger partial charge < -0.3 is 14.1 Å². The molecular weight excluding hydrogens is 436 g/mol. The van der Waals surface area contributed by atoms with E-state index in [4.69, 9.17) is 0 Å². The maximum absolute atomic E-state index is 12.5. The summed E-state index contributed by atoms with van der Waals surface area (Å²) in [4.78, 5) is 15.2. The summed E-state index contributed by atoms with van der Waals surface area (Å²) in [6.45, 7) is 2.73. The average molecular weight is 461 g/mol. The predicted octanol–water partition coefficient (Wildman–Crippen LogP) is 4.22. The van der Waals surface area contributed by atoms with Gasteiger partial charge in [0.05, 0.1) is 11.8 Å². The molecule has 168 valence electrons. The van der Waals surface area contributed by atoms with Crippen LogP contribution in [0.1, 0.15) is 11.1 Å². The number of benzene rings is 2. The molecule has 3 aromatic heterocycles. The van der Waals surface area contributed by atoms with Crippen molar-refractivity contribution in [1.29, 1.82) is 0 Å². The highest BCUT2D eigenvalue weighted by molar-refractivity contribution is 7.92. The Kier molecular flexibility index (Phi) is 4.90. The maximum atomic E-state index is 12.5. The number of aromatic amines is 1. The number of fused-ring (bicyclic) bond motifs is 2. The van der Waals surface area contributed by atoms with E-state index in [2.05, 4.69) is 45.5 Å². The second-order valence-electron chi connectivity index (χ2n) is 8.49. The van der Waals surface area contributed by atoms with Crippen LogP contribution in [0, 0.1) is 6.92 Å². The van der Waals surface area contributed by atoms with Gasteiger partial charge in [-0.1, -0.05) is 29.8 Å². The van der Waals surface area contributed by atoms with Crippen molar-refractivity contribution < 1.29 is 8.42 Å². The summed E-state index contributed by atoms with van der Waals surface area (Å²) in [5.74, 6) is 0. The zero-order valence-electron chi connectivity index (χ0n) is 18.6. The molecule has 0 unspecified atom stereocenters. The molecule has 0 bridgehead atoms. The minimum absolute atomic E-state index is 0.169. The lowest BCUT2D eigenvalue weighted by atomic mass is 10.0. The second kappa shape index (κ2) is 7.67. The number of aryl methyl sites for hydroxylation is 2. The molecule has 0 spiro atoms. The van der Waals surface area contributed by atoms with Crippen LogP contribution in [-0.2, 0) is 23.6 Å². The summed E-state index contributed by atoms with van der Waals surface area (Å²) in [5, 5.41) is 1.72. The van der Waals surface area contributed by atoms with Crippen molar-refractivity contribution in [2.24, 2.45) is 7.05 Å². The number of nitrogens with zero attached hydrogens (tertiary/aromatic N) is 2. The van der Waals surface area contributed by atoms with Gasteiger partial charge in [0.2, 0.25) is 10.0 Å². The molecule has 0 radical (unpaired) electrons. The summed E-state index contributed by atoms with van der Waals surface area (Å²) >= 11 is 0. The van der Waals surface area contributed by atoms with E-state index in [0.29, 0.717) is 17.7 Å². The lowest BCUT2D eigenvalue weighted by Gasteiger charge is -2.13. The van der Waals surface area contributed by atoms with Crippen molar-refractivity contribution in [2.75, 3.05) is 11.0 Å². The van der Waals surface area contributed by atoms with Crippen molar-refractivity contribution in [1.82, 2.24) is 14.1 Å². The quantitative estimate of drug-likeness (QED) is 0.412. The molecule has 2 aromatic carbocycles. The Labute approximate surface area is 191 Å². The number of aromatic nitrogens is 3. The summed E-state index contributed by atoms with van der Waals surface area (Å²) in [5.41, 5.74) is 5.94. The molecule has 0 atom stereocenters. The molecule has 8 heteroatoms. The molecule has 3 heterocycles. The van der Waals surface area contributed by atoms with E-state index in [9.17, 15) is 13.2 Å². The number of hydrogen-bond acceptors (Lipinski definition) is 3. The van der Waals surface area contributed by atoms with Gasteiger partial charge in [-0.05, 0) is 36.8 Å². The Morgan fingerprint density at radius 2 is 1.76 bits per heavy atom. The molecule has 0 fully saturated rings.